The van der Waals surface area contributed by atoms with Gasteiger partial charge in [-0.1, -0.05) is 12.1 Å². The number of hydrogen-bond donors (Lipinski definition) is 1. The van der Waals surface area contributed by atoms with Crippen LogP contribution in [-0.2, 0) is 17.6 Å². The molecular weight excluding hydrogens is 441 g/mol. The molecular formula is C20H32IN3O2. The van der Waals surface area contributed by atoms with Gasteiger partial charge in [-0.15, -0.1) is 24.0 Å². The highest BCUT2D eigenvalue weighted by atomic mass is 127. The molecule has 0 aliphatic carbocycles. The average Bonchev–Trinajstić information content (AvgIpc) is 3.10. The van der Waals surface area contributed by atoms with Gasteiger partial charge < -0.3 is 19.7 Å². The van der Waals surface area contributed by atoms with E-state index in [9.17, 15) is 0 Å². The summed E-state index contributed by atoms with van der Waals surface area (Å²) < 4.78 is 11.3. The van der Waals surface area contributed by atoms with Crippen LogP contribution in [0.15, 0.2) is 23.2 Å². The number of guanidine groups is 1. The summed E-state index contributed by atoms with van der Waals surface area (Å²) in [5.74, 6) is 2.10. The minimum Gasteiger partial charge on any atom is -0.493 e. The van der Waals surface area contributed by atoms with Crippen molar-refractivity contribution in [3.63, 3.8) is 0 Å². The first kappa shape index (κ1) is 21.3. The second-order valence-electron chi connectivity index (χ2n) is 6.67. The van der Waals surface area contributed by atoms with Crippen LogP contribution >= 0.6 is 24.0 Å². The molecule has 2 heterocycles. The standard InChI is InChI=1S/C20H31N3O2.HI/c1-3-21-20(23-12-8-18(9-13-23)24-4-2)22-11-7-16-5-6-19-17(15-16)10-14-25-19;/h5-6,15,18H,3-4,7-14H2,1-2H3,(H,21,22);1H. The molecule has 0 unspecified atom stereocenters. The highest BCUT2D eigenvalue weighted by Crippen LogP contribution is 2.26. The number of piperidine rings is 1. The number of rotatable bonds is 6. The monoisotopic (exact) mass is 473 g/mol. The molecule has 0 spiro atoms. The number of likely N-dealkylation sites (tertiary alicyclic amines) is 1. The molecule has 26 heavy (non-hydrogen) atoms. The summed E-state index contributed by atoms with van der Waals surface area (Å²) in [5, 5.41) is 3.44. The van der Waals surface area contributed by atoms with Gasteiger partial charge in [0.05, 0.1) is 12.7 Å². The topological polar surface area (TPSA) is 46.1 Å². The van der Waals surface area contributed by atoms with E-state index in [1.165, 1.54) is 11.1 Å². The van der Waals surface area contributed by atoms with Gasteiger partial charge in [-0.05, 0) is 50.3 Å². The summed E-state index contributed by atoms with van der Waals surface area (Å²) >= 11 is 0. The number of benzene rings is 1. The first-order chi connectivity index (χ1) is 12.3. The molecule has 3 rings (SSSR count). The zero-order valence-corrected chi connectivity index (χ0v) is 18.3. The Kier molecular flexibility index (Phi) is 8.98. The normalized spacial score (nSPS) is 17.5. The van der Waals surface area contributed by atoms with E-state index in [0.717, 1.165) is 76.8 Å². The van der Waals surface area contributed by atoms with E-state index in [2.05, 4.69) is 42.3 Å². The van der Waals surface area contributed by atoms with Gasteiger partial charge in [0.15, 0.2) is 5.96 Å². The van der Waals surface area contributed by atoms with E-state index >= 15 is 0 Å². The van der Waals surface area contributed by atoms with Crippen molar-refractivity contribution in [2.45, 2.75) is 45.6 Å². The Morgan fingerprint density at radius 2 is 2.12 bits per heavy atom. The maximum absolute atomic E-state index is 5.75. The maximum Gasteiger partial charge on any atom is 0.193 e. The van der Waals surface area contributed by atoms with Crippen LogP contribution < -0.4 is 10.1 Å². The van der Waals surface area contributed by atoms with Crippen molar-refractivity contribution in [2.75, 3.05) is 39.4 Å². The molecule has 0 bridgehead atoms. The second kappa shape index (κ2) is 11.0. The lowest BCUT2D eigenvalue weighted by Gasteiger charge is -2.34. The van der Waals surface area contributed by atoms with E-state index in [4.69, 9.17) is 14.5 Å². The molecule has 1 aromatic rings. The van der Waals surface area contributed by atoms with Gasteiger partial charge in [0.1, 0.15) is 5.75 Å². The fourth-order valence-electron chi connectivity index (χ4n) is 3.58. The van der Waals surface area contributed by atoms with E-state index in [1.807, 2.05) is 0 Å². The van der Waals surface area contributed by atoms with Gasteiger partial charge in [0.25, 0.3) is 0 Å². The lowest BCUT2D eigenvalue weighted by molar-refractivity contribution is 0.0264. The molecule has 146 valence electrons. The van der Waals surface area contributed by atoms with Crippen molar-refractivity contribution < 1.29 is 9.47 Å². The highest BCUT2D eigenvalue weighted by Gasteiger charge is 2.21. The smallest absolute Gasteiger partial charge is 0.193 e. The third-order valence-electron chi connectivity index (χ3n) is 4.89. The van der Waals surface area contributed by atoms with Crippen molar-refractivity contribution in [3.05, 3.63) is 29.3 Å². The predicted octanol–water partition coefficient (Wildman–Crippen LogP) is 3.25. The number of aliphatic imine (C=N–C) groups is 1. The van der Waals surface area contributed by atoms with Crippen LogP contribution in [-0.4, -0.2) is 56.4 Å². The summed E-state index contributed by atoms with van der Waals surface area (Å²) in [6.45, 7) is 9.59. The Bertz CT molecular complexity index is 586. The summed E-state index contributed by atoms with van der Waals surface area (Å²) in [5.41, 5.74) is 2.69. The van der Waals surface area contributed by atoms with E-state index in [1.54, 1.807) is 0 Å². The Morgan fingerprint density at radius 1 is 1.31 bits per heavy atom. The summed E-state index contributed by atoms with van der Waals surface area (Å²) in [7, 11) is 0. The number of nitrogens with zero attached hydrogens (tertiary/aromatic N) is 2. The number of ether oxygens (including phenoxy) is 2. The van der Waals surface area contributed by atoms with Crippen LogP contribution in [0.3, 0.4) is 0 Å². The van der Waals surface area contributed by atoms with Crippen molar-refractivity contribution >= 4 is 29.9 Å². The molecule has 2 aliphatic rings. The van der Waals surface area contributed by atoms with Crippen LogP contribution in [0.2, 0.25) is 0 Å². The number of hydrogen-bond acceptors (Lipinski definition) is 3. The van der Waals surface area contributed by atoms with Crippen molar-refractivity contribution in [2.24, 2.45) is 4.99 Å². The number of halogens is 1. The van der Waals surface area contributed by atoms with Crippen molar-refractivity contribution in [3.8, 4) is 5.75 Å². The van der Waals surface area contributed by atoms with Gasteiger partial charge in [-0.2, -0.15) is 0 Å². The summed E-state index contributed by atoms with van der Waals surface area (Å²) in [6, 6.07) is 6.55. The van der Waals surface area contributed by atoms with Gasteiger partial charge in [0.2, 0.25) is 0 Å². The van der Waals surface area contributed by atoms with Crippen LogP contribution in [0.4, 0.5) is 0 Å². The van der Waals surface area contributed by atoms with Gasteiger partial charge in [-0.25, -0.2) is 0 Å². The van der Waals surface area contributed by atoms with Crippen LogP contribution in [0.1, 0.15) is 37.8 Å². The Labute approximate surface area is 174 Å². The quantitative estimate of drug-likeness (QED) is 0.392. The minimum atomic E-state index is 0. The molecule has 2 aliphatic heterocycles. The zero-order chi connectivity index (χ0) is 17.5. The molecule has 1 N–H and O–H groups in total. The second-order valence-corrected chi connectivity index (χ2v) is 6.67. The molecule has 0 amide bonds. The molecule has 0 saturated carbocycles. The number of fused-ring (bicyclic) bond motifs is 1. The summed E-state index contributed by atoms with van der Waals surface area (Å²) in [4.78, 5) is 7.23. The van der Waals surface area contributed by atoms with Crippen molar-refractivity contribution in [1.82, 2.24) is 10.2 Å². The van der Waals surface area contributed by atoms with E-state index < -0.39 is 0 Å². The Morgan fingerprint density at radius 3 is 2.85 bits per heavy atom. The largest absolute Gasteiger partial charge is 0.493 e. The molecule has 0 radical (unpaired) electrons. The van der Waals surface area contributed by atoms with Crippen LogP contribution in [0.25, 0.3) is 0 Å². The molecule has 0 aromatic heterocycles. The van der Waals surface area contributed by atoms with Crippen LogP contribution in [0, 0.1) is 0 Å². The zero-order valence-electron chi connectivity index (χ0n) is 16.0. The van der Waals surface area contributed by atoms with E-state index in [0.29, 0.717) is 6.10 Å². The SMILES string of the molecule is CCNC(=NCCc1ccc2c(c1)CCO2)N1CCC(OCC)CC1.I. The molecule has 6 heteroatoms. The molecule has 1 saturated heterocycles. The third kappa shape index (κ3) is 5.74. The molecule has 5 nitrogen and oxygen atoms in total. The molecule has 1 fully saturated rings. The predicted molar refractivity (Wildman–Crippen MR) is 117 cm³/mol. The van der Waals surface area contributed by atoms with Gasteiger partial charge in [-0.3, -0.25) is 4.99 Å². The Balaban J connectivity index is 0.00000243. The third-order valence-corrected chi connectivity index (χ3v) is 4.89. The fraction of sp³-hybridized carbons (Fsp3) is 0.650. The van der Waals surface area contributed by atoms with Gasteiger partial charge in [0, 0.05) is 39.2 Å². The molecule has 0 atom stereocenters. The van der Waals surface area contributed by atoms with Crippen LogP contribution in [0.5, 0.6) is 5.75 Å². The average molecular weight is 473 g/mol. The maximum atomic E-state index is 5.75. The highest BCUT2D eigenvalue weighted by molar-refractivity contribution is 14.0. The first-order valence-corrected chi connectivity index (χ1v) is 9.69. The number of nitrogens with one attached hydrogen (secondary N) is 1. The summed E-state index contributed by atoms with van der Waals surface area (Å²) in [6.07, 6.45) is 4.59. The lowest BCUT2D eigenvalue weighted by atomic mass is 10.1. The van der Waals surface area contributed by atoms with Gasteiger partial charge >= 0.3 is 0 Å². The van der Waals surface area contributed by atoms with E-state index in [-0.39, 0.29) is 24.0 Å². The first-order valence-electron chi connectivity index (χ1n) is 9.69. The van der Waals surface area contributed by atoms with Crippen molar-refractivity contribution in [1.29, 1.82) is 0 Å². The molecule has 1 aromatic carbocycles. The minimum absolute atomic E-state index is 0. The fourth-order valence-corrected chi connectivity index (χ4v) is 3.58. The lowest BCUT2D eigenvalue weighted by Crippen LogP contribution is -2.47. The Hall–Kier alpha value is -1.02.